The first kappa shape index (κ1) is 42.8. The Morgan fingerprint density at radius 2 is 1.73 bits per heavy atom. The quantitative estimate of drug-likeness (QED) is 0.0227. The van der Waals surface area contributed by atoms with Crippen LogP contribution in [0.25, 0.3) is 10.4 Å². The zero-order valence-corrected chi connectivity index (χ0v) is 29.3. The van der Waals surface area contributed by atoms with Gasteiger partial charge in [0.05, 0.1) is 25.7 Å². The molecule has 17 heteroatoms. The third kappa shape index (κ3) is 20.7. The van der Waals surface area contributed by atoms with Gasteiger partial charge in [-0.3, -0.25) is 24.5 Å². The molecule has 0 heterocycles. The number of hydrogen-bond donors (Lipinski definition) is 6. The summed E-state index contributed by atoms with van der Waals surface area (Å²) in [5.74, 6) is -2.37. The molecule has 0 saturated carbocycles. The average Bonchev–Trinajstić information content (AvgIpc) is 3.03. The molecule has 0 radical (unpaired) electrons. The van der Waals surface area contributed by atoms with Gasteiger partial charge in [0, 0.05) is 31.5 Å². The third-order valence-electron chi connectivity index (χ3n) is 6.80. The van der Waals surface area contributed by atoms with Crippen molar-refractivity contribution in [3.8, 4) is 0 Å². The van der Waals surface area contributed by atoms with Crippen LogP contribution in [0.1, 0.15) is 79.6 Å². The van der Waals surface area contributed by atoms with Crippen LogP contribution in [-0.2, 0) is 33.4 Å². The molecule has 0 spiro atoms. The van der Waals surface area contributed by atoms with Gasteiger partial charge in [-0.25, -0.2) is 4.79 Å². The van der Waals surface area contributed by atoms with Gasteiger partial charge in [0.1, 0.15) is 30.5 Å². The lowest BCUT2D eigenvalue weighted by Gasteiger charge is -2.29. The van der Waals surface area contributed by atoms with Crippen LogP contribution < -0.4 is 26.6 Å². The lowest BCUT2D eigenvalue weighted by atomic mass is 10.1. The Hall–Kier alpha value is -4.18. The maximum absolute atomic E-state index is 13.4. The molecule has 49 heavy (non-hydrogen) atoms. The molecule has 17 nitrogen and oxygen atoms in total. The summed E-state index contributed by atoms with van der Waals surface area (Å²) in [5, 5.41) is 27.5. The van der Waals surface area contributed by atoms with Crippen LogP contribution in [0.15, 0.2) is 28.9 Å². The second kappa shape index (κ2) is 24.0. The maximum Gasteiger partial charge on any atom is 0.407 e. The number of hydrogen-bond acceptors (Lipinski definition) is 11. The van der Waals surface area contributed by atoms with Gasteiger partial charge in [-0.2, -0.15) is 0 Å². The molecule has 4 amide bonds. The van der Waals surface area contributed by atoms with E-state index in [1.807, 2.05) is 25.2 Å². The van der Waals surface area contributed by atoms with E-state index < -0.39 is 59.7 Å². The molecule has 1 aliphatic rings. The minimum absolute atomic E-state index is 0.145. The van der Waals surface area contributed by atoms with Gasteiger partial charge < -0.3 is 40.6 Å². The Morgan fingerprint density at radius 1 is 1.02 bits per heavy atom. The Bertz CT molecular complexity index is 1180. The molecule has 4 atom stereocenters. The molecule has 0 aliphatic heterocycles. The fraction of sp³-hybridized carbons (Fsp3) is 0.719. The van der Waals surface area contributed by atoms with Crippen LogP contribution in [0.5, 0.6) is 0 Å². The molecule has 0 bridgehead atoms. The molecule has 276 valence electrons. The number of nitrogens with one attached hydrogen (secondary N) is 5. The number of aliphatic hydroxyl groups is 1. The van der Waals surface area contributed by atoms with Crippen molar-refractivity contribution in [1.29, 1.82) is 0 Å². The Kier molecular flexibility index (Phi) is 21.0. The van der Waals surface area contributed by atoms with Crippen molar-refractivity contribution in [2.45, 2.75) is 110 Å². The highest BCUT2D eigenvalue weighted by atomic mass is 16.6. The Morgan fingerprint density at radius 3 is 2.37 bits per heavy atom. The highest BCUT2D eigenvalue weighted by Crippen LogP contribution is 2.12. The van der Waals surface area contributed by atoms with E-state index in [0.717, 1.165) is 18.4 Å². The summed E-state index contributed by atoms with van der Waals surface area (Å²) in [6.07, 6.45) is 6.64. The number of carbonyl (C=O) groups is 5. The van der Waals surface area contributed by atoms with Gasteiger partial charge in [0.2, 0.25) is 17.7 Å². The molecule has 0 fully saturated rings. The van der Waals surface area contributed by atoms with E-state index in [0.29, 0.717) is 12.8 Å². The van der Waals surface area contributed by atoms with Gasteiger partial charge in [-0.15, -0.1) is 0 Å². The van der Waals surface area contributed by atoms with Crippen LogP contribution in [0.2, 0.25) is 0 Å². The number of ether oxygens (including phenoxy) is 3. The number of alkyl carbamates (subject to hydrolysis) is 1. The lowest BCUT2D eigenvalue weighted by molar-refractivity contribution is -0.156. The predicted molar refractivity (Wildman–Crippen MR) is 181 cm³/mol. The van der Waals surface area contributed by atoms with Gasteiger partial charge in [0.25, 0.3) is 0 Å². The van der Waals surface area contributed by atoms with E-state index in [-0.39, 0.29) is 58.7 Å². The van der Waals surface area contributed by atoms with Crippen LogP contribution in [0, 0.1) is 0 Å². The van der Waals surface area contributed by atoms with E-state index in [1.165, 1.54) is 6.92 Å². The molecule has 1 aliphatic carbocycles. The Labute approximate surface area is 287 Å². The molecule has 0 aromatic rings. The number of azide groups is 1. The highest BCUT2D eigenvalue weighted by Gasteiger charge is 2.31. The molecule has 1 unspecified atom stereocenters. The van der Waals surface area contributed by atoms with Crippen molar-refractivity contribution in [1.82, 2.24) is 26.6 Å². The summed E-state index contributed by atoms with van der Waals surface area (Å²) in [6, 6.07) is -3.18. The van der Waals surface area contributed by atoms with Crippen molar-refractivity contribution >= 4 is 29.8 Å². The first-order chi connectivity index (χ1) is 23.2. The molecular weight excluding hydrogens is 640 g/mol. The van der Waals surface area contributed by atoms with Crippen molar-refractivity contribution < 1.29 is 43.3 Å². The van der Waals surface area contributed by atoms with Gasteiger partial charge in [-0.05, 0) is 64.0 Å². The third-order valence-corrected chi connectivity index (χ3v) is 6.80. The molecule has 0 aromatic heterocycles. The molecular formula is C32H54N8O9. The summed E-state index contributed by atoms with van der Waals surface area (Å²) >= 11 is 0. The predicted octanol–water partition coefficient (Wildman–Crippen LogP) is 2.01. The van der Waals surface area contributed by atoms with E-state index in [2.05, 4.69) is 36.6 Å². The molecule has 1 rings (SSSR count). The van der Waals surface area contributed by atoms with Crippen LogP contribution >= 0.6 is 0 Å². The molecule has 0 aromatic carbocycles. The smallest absolute Gasteiger partial charge is 0.407 e. The Balaban J connectivity index is 2.82. The summed E-state index contributed by atoms with van der Waals surface area (Å²) in [7, 11) is 0. The fourth-order valence-corrected chi connectivity index (χ4v) is 4.58. The summed E-state index contributed by atoms with van der Waals surface area (Å²) in [6.45, 7) is 9.11. The minimum Gasteiger partial charge on any atom is -0.460 e. The minimum atomic E-state index is -1.39. The van der Waals surface area contributed by atoms with E-state index in [4.69, 9.17) is 19.7 Å². The first-order valence-electron chi connectivity index (χ1n) is 16.6. The fourth-order valence-electron chi connectivity index (χ4n) is 4.58. The zero-order chi connectivity index (χ0) is 36.7. The average molecular weight is 695 g/mol. The second-order valence-corrected chi connectivity index (χ2v) is 12.4. The first-order valence-corrected chi connectivity index (χ1v) is 16.6. The SMILES string of the molecule is CCC[C@@H](NC(=O)[C@H](CCCNC(=O)OCC1=CCCC=C1)NC(C)=O)C(=O)N[C@@H](CC(=O)OC(C)(C)C)C(O)NCCOCCN=[N+]=[N-]. The van der Waals surface area contributed by atoms with Gasteiger partial charge in [0.15, 0.2) is 0 Å². The van der Waals surface area contributed by atoms with Crippen molar-refractivity contribution in [2.24, 2.45) is 5.11 Å². The topological polar surface area (TPSA) is 242 Å². The second-order valence-electron chi connectivity index (χ2n) is 12.4. The largest absolute Gasteiger partial charge is 0.460 e. The monoisotopic (exact) mass is 694 g/mol. The lowest BCUT2D eigenvalue weighted by Crippen LogP contribution is -2.58. The maximum atomic E-state index is 13.4. The van der Waals surface area contributed by atoms with Crippen molar-refractivity contribution in [2.75, 3.05) is 39.5 Å². The summed E-state index contributed by atoms with van der Waals surface area (Å²) < 4.78 is 15.9. The van der Waals surface area contributed by atoms with Crippen molar-refractivity contribution in [3.63, 3.8) is 0 Å². The van der Waals surface area contributed by atoms with Crippen LogP contribution in [0.3, 0.4) is 0 Å². The van der Waals surface area contributed by atoms with E-state index in [1.54, 1.807) is 20.8 Å². The number of carbonyl (C=O) groups excluding carboxylic acids is 5. The van der Waals surface area contributed by atoms with Gasteiger partial charge in [-0.1, -0.05) is 36.7 Å². The number of aliphatic hydroxyl groups excluding tert-OH is 1. The van der Waals surface area contributed by atoms with Crippen LogP contribution in [-0.4, -0.2) is 104 Å². The van der Waals surface area contributed by atoms with Crippen molar-refractivity contribution in [3.05, 3.63) is 34.2 Å². The van der Waals surface area contributed by atoms with E-state index >= 15 is 0 Å². The van der Waals surface area contributed by atoms with Crippen LogP contribution in [0.4, 0.5) is 4.79 Å². The van der Waals surface area contributed by atoms with Gasteiger partial charge >= 0.3 is 12.1 Å². The zero-order valence-electron chi connectivity index (χ0n) is 29.3. The number of allylic oxidation sites excluding steroid dienone is 2. The number of rotatable bonds is 23. The number of amides is 4. The number of nitrogens with zero attached hydrogens (tertiary/aromatic N) is 3. The normalized spacial score (nSPS) is 14.9. The summed E-state index contributed by atoms with van der Waals surface area (Å²) in [5.41, 5.74) is 8.45. The summed E-state index contributed by atoms with van der Waals surface area (Å²) in [4.78, 5) is 66.0. The standard InChI is InChI=1S/C32H54N8O9/c1-6-11-24(29(44)39-26(20-27(42)49-32(3,4)5)28(43)34-16-18-47-19-17-36-40-33)38-30(45)25(37-22(2)41)14-10-15-35-31(46)48-21-23-12-8-7-9-13-23/h8,12-13,24-26,28,34,43H,6-7,9-11,14-21H2,1-5H3,(H,35,46)(H,37,41)(H,38,45)(H,39,44)/t24-,25+,26+,28?/m1/s1. The molecule has 6 N–H and O–H groups in total. The number of esters is 1. The molecule has 0 saturated heterocycles. The highest BCUT2D eigenvalue weighted by molar-refractivity contribution is 5.92. The van der Waals surface area contributed by atoms with E-state index in [9.17, 15) is 29.1 Å².